The van der Waals surface area contributed by atoms with Gasteiger partial charge in [0.15, 0.2) is 0 Å². The fourth-order valence-electron chi connectivity index (χ4n) is 1.66. The minimum Gasteiger partial charge on any atom is -0.379 e. The Hall–Kier alpha value is -0.570. The molecule has 1 aliphatic heterocycles. The summed E-state index contributed by atoms with van der Waals surface area (Å²) in [5.74, 6) is 0. The third kappa shape index (κ3) is 2.71. The van der Waals surface area contributed by atoms with E-state index >= 15 is 0 Å². The lowest BCUT2D eigenvalue weighted by Gasteiger charge is -2.23. The van der Waals surface area contributed by atoms with Gasteiger partial charge in [-0.1, -0.05) is 23.7 Å². The molecular formula is C11H14ClNO. The molecule has 0 saturated carbocycles. The van der Waals surface area contributed by atoms with Crippen molar-refractivity contribution in [2.24, 2.45) is 0 Å². The normalized spacial score (nSPS) is 22.2. The van der Waals surface area contributed by atoms with Crippen LogP contribution in [0.25, 0.3) is 0 Å². The average Bonchev–Trinajstić information content (AvgIpc) is 2.23. The molecule has 2 nitrogen and oxygen atoms in total. The van der Waals surface area contributed by atoms with Crippen LogP contribution in [0.15, 0.2) is 24.3 Å². The van der Waals surface area contributed by atoms with Crippen LogP contribution < -0.4 is 5.32 Å². The van der Waals surface area contributed by atoms with E-state index < -0.39 is 0 Å². The molecule has 2 rings (SSSR count). The number of benzene rings is 1. The van der Waals surface area contributed by atoms with Crippen LogP contribution in [0.3, 0.4) is 0 Å². The summed E-state index contributed by atoms with van der Waals surface area (Å²) in [4.78, 5) is 0. The van der Waals surface area contributed by atoms with Crippen molar-refractivity contribution < 1.29 is 4.74 Å². The summed E-state index contributed by atoms with van der Waals surface area (Å²) in [6, 6.07) is 8.45. The summed E-state index contributed by atoms with van der Waals surface area (Å²) in [7, 11) is 0. The zero-order valence-electron chi connectivity index (χ0n) is 8.00. The van der Waals surface area contributed by atoms with Gasteiger partial charge in [0.2, 0.25) is 0 Å². The van der Waals surface area contributed by atoms with Gasteiger partial charge in [0, 0.05) is 17.6 Å². The molecule has 0 spiro atoms. The lowest BCUT2D eigenvalue weighted by atomic mass is 10.1. The highest BCUT2D eigenvalue weighted by Gasteiger charge is 2.12. The van der Waals surface area contributed by atoms with E-state index in [-0.39, 0.29) is 0 Å². The van der Waals surface area contributed by atoms with Crippen LogP contribution in [0, 0.1) is 0 Å². The van der Waals surface area contributed by atoms with E-state index in [4.69, 9.17) is 16.3 Å². The summed E-state index contributed by atoms with van der Waals surface area (Å²) < 4.78 is 5.39. The Bertz CT molecular complexity index is 280. The van der Waals surface area contributed by atoms with E-state index in [1.165, 1.54) is 5.56 Å². The van der Waals surface area contributed by atoms with Gasteiger partial charge in [0.1, 0.15) is 0 Å². The Kier molecular flexibility index (Phi) is 3.40. The van der Waals surface area contributed by atoms with Crippen LogP contribution in [0.4, 0.5) is 0 Å². The van der Waals surface area contributed by atoms with Crippen LogP contribution in [0.5, 0.6) is 0 Å². The Labute approximate surface area is 89.2 Å². The van der Waals surface area contributed by atoms with E-state index in [9.17, 15) is 0 Å². The Morgan fingerprint density at radius 1 is 1.36 bits per heavy atom. The van der Waals surface area contributed by atoms with E-state index in [0.29, 0.717) is 6.04 Å². The molecule has 1 aromatic carbocycles. The lowest BCUT2D eigenvalue weighted by Crippen LogP contribution is -2.42. The van der Waals surface area contributed by atoms with E-state index in [2.05, 4.69) is 17.4 Å². The Morgan fingerprint density at radius 3 is 2.79 bits per heavy atom. The molecule has 1 fully saturated rings. The van der Waals surface area contributed by atoms with Crippen molar-refractivity contribution in [3.05, 3.63) is 34.9 Å². The molecule has 1 aliphatic rings. The Balaban J connectivity index is 1.92. The number of nitrogens with one attached hydrogen (secondary N) is 1. The molecule has 0 aliphatic carbocycles. The SMILES string of the molecule is Clc1ccc(CC2COCCN2)cc1. The maximum atomic E-state index is 5.81. The molecular weight excluding hydrogens is 198 g/mol. The first-order valence-electron chi connectivity index (χ1n) is 4.90. The van der Waals surface area contributed by atoms with Crippen LogP contribution in [0.1, 0.15) is 5.56 Å². The van der Waals surface area contributed by atoms with E-state index in [1.807, 2.05) is 12.1 Å². The highest BCUT2D eigenvalue weighted by molar-refractivity contribution is 6.30. The third-order valence-corrected chi connectivity index (χ3v) is 2.65. The molecule has 76 valence electrons. The third-order valence-electron chi connectivity index (χ3n) is 2.39. The van der Waals surface area contributed by atoms with Gasteiger partial charge < -0.3 is 10.1 Å². The monoisotopic (exact) mass is 211 g/mol. The minimum absolute atomic E-state index is 0.449. The summed E-state index contributed by atoms with van der Waals surface area (Å²) in [6.45, 7) is 2.60. The average molecular weight is 212 g/mol. The number of hydrogen-bond acceptors (Lipinski definition) is 2. The first-order valence-corrected chi connectivity index (χ1v) is 5.28. The molecule has 0 radical (unpaired) electrons. The maximum absolute atomic E-state index is 5.81. The molecule has 0 aromatic heterocycles. The number of halogens is 1. The first kappa shape index (κ1) is 9.97. The van der Waals surface area contributed by atoms with Crippen molar-refractivity contribution in [3.63, 3.8) is 0 Å². The predicted molar refractivity (Wildman–Crippen MR) is 57.8 cm³/mol. The smallest absolute Gasteiger partial charge is 0.0623 e. The highest BCUT2D eigenvalue weighted by atomic mass is 35.5. The van der Waals surface area contributed by atoms with Crippen molar-refractivity contribution in [3.8, 4) is 0 Å². The lowest BCUT2D eigenvalue weighted by molar-refractivity contribution is 0.0770. The molecule has 0 bridgehead atoms. The van der Waals surface area contributed by atoms with Crippen LogP contribution in [0.2, 0.25) is 5.02 Å². The quantitative estimate of drug-likeness (QED) is 0.807. The van der Waals surface area contributed by atoms with Crippen LogP contribution in [-0.2, 0) is 11.2 Å². The molecule has 1 aromatic rings. The van der Waals surface area contributed by atoms with Gasteiger partial charge in [-0.2, -0.15) is 0 Å². The molecule has 1 atom stereocenters. The van der Waals surface area contributed by atoms with Crippen molar-refractivity contribution in [2.75, 3.05) is 19.8 Å². The summed E-state index contributed by atoms with van der Waals surface area (Å²) >= 11 is 5.81. The van der Waals surface area contributed by atoms with Gasteiger partial charge >= 0.3 is 0 Å². The largest absolute Gasteiger partial charge is 0.379 e. The molecule has 1 unspecified atom stereocenters. The van der Waals surface area contributed by atoms with E-state index in [0.717, 1.165) is 31.2 Å². The standard InChI is InChI=1S/C11H14ClNO/c12-10-3-1-9(2-4-10)7-11-8-14-6-5-13-11/h1-4,11,13H,5-8H2. The fourth-order valence-corrected chi connectivity index (χ4v) is 1.78. The zero-order chi connectivity index (χ0) is 9.80. The molecule has 1 heterocycles. The minimum atomic E-state index is 0.449. The van der Waals surface area contributed by atoms with Crippen molar-refractivity contribution in [1.29, 1.82) is 0 Å². The first-order chi connectivity index (χ1) is 6.84. The van der Waals surface area contributed by atoms with Gasteiger partial charge in [-0.15, -0.1) is 0 Å². The fraction of sp³-hybridized carbons (Fsp3) is 0.455. The molecule has 14 heavy (non-hydrogen) atoms. The second kappa shape index (κ2) is 4.78. The predicted octanol–water partition coefficient (Wildman–Crippen LogP) is 1.87. The topological polar surface area (TPSA) is 21.3 Å². The number of rotatable bonds is 2. The maximum Gasteiger partial charge on any atom is 0.0623 e. The van der Waals surface area contributed by atoms with Crippen molar-refractivity contribution >= 4 is 11.6 Å². The van der Waals surface area contributed by atoms with Gasteiger partial charge in [-0.05, 0) is 24.1 Å². The summed E-state index contributed by atoms with van der Waals surface area (Å²) in [5.41, 5.74) is 1.30. The van der Waals surface area contributed by atoms with Gasteiger partial charge in [0.05, 0.1) is 13.2 Å². The van der Waals surface area contributed by atoms with E-state index in [1.54, 1.807) is 0 Å². The van der Waals surface area contributed by atoms with Gasteiger partial charge in [-0.25, -0.2) is 0 Å². The van der Waals surface area contributed by atoms with Gasteiger partial charge in [0.25, 0.3) is 0 Å². The van der Waals surface area contributed by atoms with Gasteiger partial charge in [-0.3, -0.25) is 0 Å². The molecule has 1 saturated heterocycles. The summed E-state index contributed by atoms with van der Waals surface area (Å²) in [5, 5.41) is 4.22. The number of ether oxygens (including phenoxy) is 1. The Morgan fingerprint density at radius 2 is 2.14 bits per heavy atom. The molecule has 1 N–H and O–H groups in total. The molecule has 0 amide bonds. The van der Waals surface area contributed by atoms with Crippen LogP contribution in [-0.4, -0.2) is 25.8 Å². The molecule has 3 heteroatoms. The van der Waals surface area contributed by atoms with Crippen molar-refractivity contribution in [1.82, 2.24) is 5.32 Å². The highest BCUT2D eigenvalue weighted by Crippen LogP contribution is 2.11. The summed E-state index contributed by atoms with van der Waals surface area (Å²) in [6.07, 6.45) is 1.01. The number of hydrogen-bond donors (Lipinski definition) is 1. The zero-order valence-corrected chi connectivity index (χ0v) is 8.76. The second-order valence-corrected chi connectivity index (χ2v) is 3.99. The van der Waals surface area contributed by atoms with Crippen LogP contribution >= 0.6 is 11.6 Å². The second-order valence-electron chi connectivity index (χ2n) is 3.56. The number of morpholine rings is 1. The van der Waals surface area contributed by atoms with Crippen molar-refractivity contribution in [2.45, 2.75) is 12.5 Å².